The highest BCUT2D eigenvalue weighted by atomic mass is 32.2. The van der Waals surface area contributed by atoms with Crippen molar-refractivity contribution in [3.63, 3.8) is 0 Å². The van der Waals surface area contributed by atoms with Crippen molar-refractivity contribution in [1.29, 1.82) is 0 Å². The summed E-state index contributed by atoms with van der Waals surface area (Å²) in [7, 11) is 2.14. The third kappa shape index (κ3) is 3.46. The molecule has 0 spiro atoms. The lowest BCUT2D eigenvalue weighted by Crippen LogP contribution is -2.29. The molecule has 6 heteroatoms. The van der Waals surface area contributed by atoms with Crippen LogP contribution < -0.4 is 5.73 Å². The molecule has 0 bridgehead atoms. The van der Waals surface area contributed by atoms with Crippen molar-refractivity contribution in [2.24, 2.45) is 5.73 Å². The van der Waals surface area contributed by atoms with E-state index in [-0.39, 0.29) is 0 Å². The van der Waals surface area contributed by atoms with Gasteiger partial charge in [0.1, 0.15) is 0 Å². The predicted octanol–water partition coefficient (Wildman–Crippen LogP) is 1.63. The van der Waals surface area contributed by atoms with Gasteiger partial charge in [-0.05, 0) is 32.1 Å². The van der Waals surface area contributed by atoms with Crippen LogP contribution in [-0.2, 0) is 13.1 Å². The molecule has 0 aliphatic heterocycles. The molecule has 1 fully saturated rings. The van der Waals surface area contributed by atoms with Crippen LogP contribution in [0.4, 0.5) is 0 Å². The van der Waals surface area contributed by atoms with E-state index in [9.17, 15) is 0 Å². The zero-order valence-electron chi connectivity index (χ0n) is 11.1. The first-order chi connectivity index (χ1) is 8.72. The van der Waals surface area contributed by atoms with Crippen LogP contribution in [-0.4, -0.2) is 39.1 Å². The molecular weight excluding hydrogens is 248 g/mol. The number of nitrogens with two attached hydrogens (primary N) is 1. The molecule has 0 radical (unpaired) electrons. The molecule has 1 aliphatic rings. The van der Waals surface area contributed by atoms with Crippen LogP contribution in [0.2, 0.25) is 0 Å². The third-order valence-corrected chi connectivity index (χ3v) is 4.69. The Bertz CT molecular complexity index is 371. The molecule has 1 saturated carbocycles. The van der Waals surface area contributed by atoms with Crippen LogP contribution >= 0.6 is 11.8 Å². The van der Waals surface area contributed by atoms with Crippen molar-refractivity contribution in [3.8, 4) is 0 Å². The van der Waals surface area contributed by atoms with Crippen molar-refractivity contribution in [3.05, 3.63) is 11.7 Å². The molecule has 2 atom stereocenters. The second-order valence-electron chi connectivity index (χ2n) is 4.77. The summed E-state index contributed by atoms with van der Waals surface area (Å²) in [6.45, 7) is 3.29. The molecule has 5 nitrogen and oxygen atoms in total. The van der Waals surface area contributed by atoms with Crippen LogP contribution in [0.15, 0.2) is 4.52 Å². The van der Waals surface area contributed by atoms with Gasteiger partial charge in [0.05, 0.1) is 13.1 Å². The van der Waals surface area contributed by atoms with E-state index < -0.39 is 0 Å². The summed E-state index contributed by atoms with van der Waals surface area (Å²) in [6.07, 6.45) is 3.88. The zero-order valence-corrected chi connectivity index (χ0v) is 11.9. The quantitative estimate of drug-likeness (QED) is 0.847. The smallest absolute Gasteiger partial charge is 0.240 e. The maximum Gasteiger partial charge on any atom is 0.240 e. The largest absolute Gasteiger partial charge is 0.338 e. The van der Waals surface area contributed by atoms with Gasteiger partial charge in [0.15, 0.2) is 5.82 Å². The topological polar surface area (TPSA) is 68.2 Å². The average Bonchev–Trinajstić information content (AvgIpc) is 2.98. The van der Waals surface area contributed by atoms with Crippen molar-refractivity contribution in [2.45, 2.75) is 50.6 Å². The molecule has 0 aromatic carbocycles. The minimum absolute atomic E-state index is 0.315. The Hall–Kier alpha value is -0.590. The molecule has 1 aromatic rings. The third-order valence-electron chi connectivity index (χ3n) is 3.46. The molecule has 1 heterocycles. The molecule has 2 unspecified atom stereocenters. The van der Waals surface area contributed by atoms with Crippen molar-refractivity contribution in [2.75, 3.05) is 12.8 Å². The minimum atomic E-state index is 0.315. The lowest BCUT2D eigenvalue weighted by Gasteiger charge is -2.22. The number of aromatic nitrogens is 2. The number of hydrogen-bond donors (Lipinski definition) is 1. The van der Waals surface area contributed by atoms with Gasteiger partial charge in [0, 0.05) is 11.3 Å². The fourth-order valence-corrected chi connectivity index (χ4v) is 3.63. The molecule has 102 valence electrons. The van der Waals surface area contributed by atoms with Gasteiger partial charge in [-0.1, -0.05) is 12.1 Å². The Morgan fingerprint density at radius 1 is 1.50 bits per heavy atom. The normalized spacial score (nSPS) is 24.0. The van der Waals surface area contributed by atoms with E-state index in [2.05, 4.69) is 40.8 Å². The first-order valence-electron chi connectivity index (χ1n) is 6.56. The molecular formula is C12H22N4OS. The molecule has 0 saturated heterocycles. The van der Waals surface area contributed by atoms with E-state index >= 15 is 0 Å². The minimum Gasteiger partial charge on any atom is -0.338 e. The van der Waals surface area contributed by atoms with E-state index in [0.717, 1.165) is 17.6 Å². The second kappa shape index (κ2) is 6.54. The van der Waals surface area contributed by atoms with Crippen molar-refractivity contribution in [1.82, 2.24) is 15.0 Å². The Kier molecular flexibility index (Phi) is 5.03. The predicted molar refractivity (Wildman–Crippen MR) is 73.2 cm³/mol. The van der Waals surface area contributed by atoms with Crippen molar-refractivity contribution >= 4 is 11.8 Å². The summed E-state index contributed by atoms with van der Waals surface area (Å²) in [5, 5.41) is 4.77. The summed E-state index contributed by atoms with van der Waals surface area (Å²) in [4.78, 5) is 6.58. The van der Waals surface area contributed by atoms with Gasteiger partial charge in [-0.2, -0.15) is 16.7 Å². The lowest BCUT2D eigenvalue weighted by atomic mass is 10.2. The van der Waals surface area contributed by atoms with Gasteiger partial charge >= 0.3 is 0 Å². The van der Waals surface area contributed by atoms with Crippen LogP contribution in [0.3, 0.4) is 0 Å². The van der Waals surface area contributed by atoms with E-state index in [0.29, 0.717) is 18.5 Å². The average molecular weight is 270 g/mol. The zero-order chi connectivity index (χ0) is 13.0. The highest BCUT2D eigenvalue weighted by Gasteiger charge is 2.27. The maximum absolute atomic E-state index is 5.46. The van der Waals surface area contributed by atoms with Gasteiger partial charge in [-0.3, -0.25) is 4.90 Å². The summed E-state index contributed by atoms with van der Waals surface area (Å²) >= 11 is 2.08. The highest BCUT2D eigenvalue weighted by Crippen LogP contribution is 2.32. The summed E-state index contributed by atoms with van der Waals surface area (Å²) in [6, 6.07) is 0.647. The molecule has 2 rings (SSSR count). The fourth-order valence-electron chi connectivity index (χ4n) is 2.49. The van der Waals surface area contributed by atoms with Crippen LogP contribution in [0, 0.1) is 0 Å². The Balaban J connectivity index is 1.83. The highest BCUT2D eigenvalue weighted by molar-refractivity contribution is 7.99. The molecule has 1 aromatic heterocycles. The molecule has 2 N–H and O–H groups in total. The number of thioether (sulfide) groups is 1. The first-order valence-corrected chi connectivity index (χ1v) is 7.61. The molecule has 1 aliphatic carbocycles. The van der Waals surface area contributed by atoms with E-state index in [1.165, 1.54) is 25.0 Å². The lowest BCUT2D eigenvalue weighted by molar-refractivity contribution is 0.228. The van der Waals surface area contributed by atoms with Crippen LogP contribution in [0.25, 0.3) is 0 Å². The number of rotatable bonds is 6. The summed E-state index contributed by atoms with van der Waals surface area (Å²) < 4.78 is 5.02. The molecule has 18 heavy (non-hydrogen) atoms. The van der Waals surface area contributed by atoms with E-state index in [1.807, 2.05) is 0 Å². The Morgan fingerprint density at radius 3 is 3.00 bits per heavy atom. The SMILES string of the molecule is CCSC1CCC(N(C)Cc2noc(CN)n2)C1. The van der Waals surface area contributed by atoms with Crippen LogP contribution in [0.1, 0.15) is 37.9 Å². The Labute approximate surface area is 112 Å². The van der Waals surface area contributed by atoms with Gasteiger partial charge in [0.25, 0.3) is 0 Å². The number of nitrogens with zero attached hydrogens (tertiary/aromatic N) is 3. The standard InChI is InChI=1S/C12H22N4OS/c1-3-18-10-5-4-9(6-10)16(2)8-11-14-12(7-13)17-15-11/h9-10H,3-8,13H2,1-2H3. The Morgan fingerprint density at radius 2 is 2.33 bits per heavy atom. The van der Waals surface area contributed by atoms with Crippen LogP contribution in [0.5, 0.6) is 0 Å². The van der Waals surface area contributed by atoms with E-state index in [1.54, 1.807) is 0 Å². The maximum atomic E-state index is 5.46. The van der Waals surface area contributed by atoms with Gasteiger partial charge in [-0.25, -0.2) is 0 Å². The first kappa shape index (κ1) is 13.8. The van der Waals surface area contributed by atoms with Gasteiger partial charge in [-0.15, -0.1) is 0 Å². The second-order valence-corrected chi connectivity index (χ2v) is 6.35. The van der Waals surface area contributed by atoms with Gasteiger partial charge in [0.2, 0.25) is 5.89 Å². The molecule has 0 amide bonds. The van der Waals surface area contributed by atoms with Crippen molar-refractivity contribution < 1.29 is 4.52 Å². The summed E-state index contributed by atoms with van der Waals surface area (Å²) in [5.41, 5.74) is 5.46. The number of hydrogen-bond acceptors (Lipinski definition) is 6. The summed E-state index contributed by atoms with van der Waals surface area (Å²) in [5.74, 6) is 2.47. The van der Waals surface area contributed by atoms with E-state index in [4.69, 9.17) is 10.3 Å². The van der Waals surface area contributed by atoms with Gasteiger partial charge < -0.3 is 10.3 Å². The fraction of sp³-hybridized carbons (Fsp3) is 0.833. The monoisotopic (exact) mass is 270 g/mol.